The predicted octanol–water partition coefficient (Wildman–Crippen LogP) is 4.36. The van der Waals surface area contributed by atoms with Crippen LogP contribution in [0.1, 0.15) is 43.7 Å². The van der Waals surface area contributed by atoms with Crippen LogP contribution in [0.15, 0.2) is 48.5 Å². The summed E-state index contributed by atoms with van der Waals surface area (Å²) in [4.78, 5) is 38.6. The van der Waals surface area contributed by atoms with Crippen LogP contribution < -0.4 is 5.32 Å². The van der Waals surface area contributed by atoms with Gasteiger partial charge in [0.1, 0.15) is 12.6 Å². The van der Waals surface area contributed by atoms with E-state index in [1.807, 2.05) is 30.5 Å². The second-order valence-corrected chi connectivity index (χ2v) is 9.36. The van der Waals surface area contributed by atoms with Crippen molar-refractivity contribution in [3.63, 3.8) is 0 Å². The number of likely N-dealkylation sites (N-methyl/N-ethyl adjacent to an activating group) is 1. The van der Waals surface area contributed by atoms with E-state index < -0.39 is 24.1 Å². The third-order valence-electron chi connectivity index (χ3n) is 6.17. The van der Waals surface area contributed by atoms with Crippen molar-refractivity contribution in [2.45, 2.75) is 44.7 Å². The van der Waals surface area contributed by atoms with Crippen molar-refractivity contribution in [2.24, 2.45) is 0 Å². The van der Waals surface area contributed by atoms with Crippen molar-refractivity contribution >= 4 is 29.7 Å². The number of benzene rings is 2. The maximum atomic E-state index is 13.2. The Bertz CT molecular complexity index is 982. The molecule has 2 aromatic carbocycles. The highest BCUT2D eigenvalue weighted by Crippen LogP contribution is 2.44. The van der Waals surface area contributed by atoms with Gasteiger partial charge in [0.15, 0.2) is 0 Å². The number of thioether (sulfide) groups is 1. The molecule has 1 aliphatic rings. The van der Waals surface area contributed by atoms with Crippen LogP contribution in [0.4, 0.5) is 4.79 Å². The Hall–Kier alpha value is -3.00. The molecule has 7 nitrogen and oxygen atoms in total. The van der Waals surface area contributed by atoms with Gasteiger partial charge in [-0.3, -0.25) is 9.59 Å². The van der Waals surface area contributed by atoms with E-state index in [-0.39, 0.29) is 24.9 Å². The van der Waals surface area contributed by atoms with Gasteiger partial charge in [-0.2, -0.15) is 11.8 Å². The Labute approximate surface area is 204 Å². The lowest BCUT2D eigenvalue weighted by atomic mass is 9.98. The summed E-state index contributed by atoms with van der Waals surface area (Å²) in [5.41, 5.74) is 4.52. The SMILES string of the molecule is CCN(C(=O)[C@@H](CCSC)NC(=O)OCC1c2ccccc2-c2ccccc21)C(C)CC(=O)O. The first-order valence-electron chi connectivity index (χ1n) is 11.5. The number of carboxylic acid groups (broad SMARTS) is 1. The molecule has 1 aliphatic carbocycles. The number of carboxylic acids is 1. The molecule has 0 spiro atoms. The summed E-state index contributed by atoms with van der Waals surface area (Å²) < 4.78 is 5.62. The van der Waals surface area contributed by atoms with Crippen molar-refractivity contribution < 1.29 is 24.2 Å². The molecule has 0 aromatic heterocycles. The Morgan fingerprint density at radius 2 is 1.68 bits per heavy atom. The van der Waals surface area contributed by atoms with Crippen molar-refractivity contribution in [3.05, 3.63) is 59.7 Å². The average molecular weight is 485 g/mol. The van der Waals surface area contributed by atoms with Crippen molar-refractivity contribution in [2.75, 3.05) is 25.2 Å². The van der Waals surface area contributed by atoms with Gasteiger partial charge in [0.2, 0.25) is 5.91 Å². The summed E-state index contributed by atoms with van der Waals surface area (Å²) >= 11 is 1.57. The second-order valence-electron chi connectivity index (χ2n) is 8.38. The molecule has 182 valence electrons. The third-order valence-corrected chi connectivity index (χ3v) is 6.81. The Balaban J connectivity index is 1.68. The van der Waals surface area contributed by atoms with E-state index in [0.29, 0.717) is 18.7 Å². The maximum absolute atomic E-state index is 13.2. The number of ether oxygens (including phenoxy) is 1. The van der Waals surface area contributed by atoms with Crippen LogP contribution in [0.5, 0.6) is 0 Å². The van der Waals surface area contributed by atoms with Gasteiger partial charge in [-0.1, -0.05) is 48.5 Å². The number of carbonyl (C=O) groups is 3. The van der Waals surface area contributed by atoms with Gasteiger partial charge < -0.3 is 20.1 Å². The highest BCUT2D eigenvalue weighted by Gasteiger charge is 2.31. The predicted molar refractivity (Wildman–Crippen MR) is 134 cm³/mol. The Morgan fingerprint density at radius 3 is 2.21 bits per heavy atom. The van der Waals surface area contributed by atoms with Gasteiger partial charge in [-0.05, 0) is 54.5 Å². The fourth-order valence-corrected chi connectivity index (χ4v) is 4.99. The molecule has 0 saturated heterocycles. The van der Waals surface area contributed by atoms with Crippen LogP contribution in [0.3, 0.4) is 0 Å². The zero-order valence-electron chi connectivity index (χ0n) is 19.8. The van der Waals surface area contributed by atoms with Gasteiger partial charge in [0.25, 0.3) is 0 Å². The number of amides is 2. The van der Waals surface area contributed by atoms with E-state index in [4.69, 9.17) is 9.84 Å². The lowest BCUT2D eigenvalue weighted by Gasteiger charge is -2.31. The highest BCUT2D eigenvalue weighted by molar-refractivity contribution is 7.98. The van der Waals surface area contributed by atoms with E-state index in [9.17, 15) is 14.4 Å². The first kappa shape index (κ1) is 25.6. The van der Waals surface area contributed by atoms with E-state index in [0.717, 1.165) is 22.3 Å². The zero-order chi connectivity index (χ0) is 24.7. The Morgan fingerprint density at radius 1 is 1.09 bits per heavy atom. The number of nitrogens with zero attached hydrogens (tertiary/aromatic N) is 1. The van der Waals surface area contributed by atoms with Gasteiger partial charge in [-0.25, -0.2) is 4.79 Å². The number of aliphatic carboxylic acids is 1. The molecule has 8 heteroatoms. The minimum Gasteiger partial charge on any atom is -0.481 e. The van der Waals surface area contributed by atoms with Crippen LogP contribution in [0.25, 0.3) is 11.1 Å². The molecule has 0 aliphatic heterocycles. The lowest BCUT2D eigenvalue weighted by molar-refractivity contribution is -0.141. The topological polar surface area (TPSA) is 95.9 Å². The van der Waals surface area contributed by atoms with Gasteiger partial charge >= 0.3 is 12.1 Å². The largest absolute Gasteiger partial charge is 0.481 e. The molecular formula is C26H32N2O5S. The third kappa shape index (κ3) is 5.91. The lowest BCUT2D eigenvalue weighted by Crippen LogP contribution is -2.52. The summed E-state index contributed by atoms with van der Waals surface area (Å²) in [6, 6.07) is 14.9. The van der Waals surface area contributed by atoms with Crippen molar-refractivity contribution in [1.29, 1.82) is 0 Å². The number of fused-ring (bicyclic) bond motifs is 3. The monoisotopic (exact) mass is 484 g/mol. The average Bonchev–Trinajstić information content (AvgIpc) is 3.14. The summed E-state index contributed by atoms with van der Waals surface area (Å²) in [5.74, 6) is -0.658. The molecule has 3 rings (SSSR count). The van der Waals surface area contributed by atoms with Crippen LogP contribution >= 0.6 is 11.8 Å². The molecule has 1 unspecified atom stereocenters. The van der Waals surface area contributed by atoms with Crippen LogP contribution in [0.2, 0.25) is 0 Å². The number of hydrogen-bond acceptors (Lipinski definition) is 5. The number of alkyl carbamates (subject to hydrolysis) is 1. The second kappa shape index (κ2) is 11.9. The normalized spacial score (nSPS) is 14.0. The highest BCUT2D eigenvalue weighted by atomic mass is 32.2. The molecule has 0 fully saturated rings. The number of hydrogen-bond donors (Lipinski definition) is 2. The summed E-state index contributed by atoms with van der Waals surface area (Å²) in [6.07, 6.45) is 1.56. The van der Waals surface area contributed by atoms with E-state index in [2.05, 4.69) is 29.6 Å². The molecule has 34 heavy (non-hydrogen) atoms. The van der Waals surface area contributed by atoms with E-state index in [1.165, 1.54) is 4.90 Å². The maximum Gasteiger partial charge on any atom is 0.407 e. The van der Waals surface area contributed by atoms with Crippen LogP contribution in [0, 0.1) is 0 Å². The molecular weight excluding hydrogens is 452 g/mol. The molecule has 2 aromatic rings. The summed E-state index contributed by atoms with van der Waals surface area (Å²) in [5, 5.41) is 11.9. The first-order chi connectivity index (χ1) is 16.4. The number of nitrogens with one attached hydrogen (secondary N) is 1. The number of carbonyl (C=O) groups excluding carboxylic acids is 2. The molecule has 0 radical (unpaired) electrons. The molecule has 2 N–H and O–H groups in total. The smallest absolute Gasteiger partial charge is 0.407 e. The summed E-state index contributed by atoms with van der Waals surface area (Å²) in [7, 11) is 0. The summed E-state index contributed by atoms with van der Waals surface area (Å²) in [6.45, 7) is 4.02. The van der Waals surface area contributed by atoms with Crippen LogP contribution in [-0.4, -0.2) is 65.2 Å². The quantitative estimate of drug-likeness (QED) is 0.492. The standard InChI is InChI=1S/C26H32N2O5S/c1-4-28(17(2)15-24(29)30)25(31)23(13-14-34-3)27-26(32)33-16-22-20-11-7-5-9-18(20)19-10-6-8-12-21(19)22/h5-12,17,22-23H,4,13-16H2,1-3H3,(H,27,32)(H,29,30)/t17?,23-/m1/s1. The minimum absolute atomic E-state index is 0.0683. The van der Waals surface area contributed by atoms with Gasteiger partial charge in [-0.15, -0.1) is 0 Å². The first-order valence-corrected chi connectivity index (χ1v) is 12.9. The van der Waals surface area contributed by atoms with Gasteiger partial charge in [0, 0.05) is 18.5 Å². The molecule has 2 atom stereocenters. The molecule has 0 saturated carbocycles. The minimum atomic E-state index is -0.969. The fraction of sp³-hybridized carbons (Fsp3) is 0.423. The Kier molecular flexibility index (Phi) is 8.98. The van der Waals surface area contributed by atoms with Crippen LogP contribution in [-0.2, 0) is 14.3 Å². The number of rotatable bonds is 11. The van der Waals surface area contributed by atoms with Crippen molar-refractivity contribution in [1.82, 2.24) is 10.2 Å². The van der Waals surface area contributed by atoms with E-state index >= 15 is 0 Å². The van der Waals surface area contributed by atoms with Crippen molar-refractivity contribution in [3.8, 4) is 11.1 Å². The zero-order valence-corrected chi connectivity index (χ0v) is 20.6. The molecule has 2 amide bonds. The molecule has 0 heterocycles. The van der Waals surface area contributed by atoms with E-state index in [1.54, 1.807) is 25.6 Å². The fourth-order valence-electron chi connectivity index (χ4n) is 4.52. The van der Waals surface area contributed by atoms with Gasteiger partial charge in [0.05, 0.1) is 6.42 Å². The molecule has 0 bridgehead atoms.